The summed E-state index contributed by atoms with van der Waals surface area (Å²) in [6, 6.07) is 6.99. The minimum absolute atomic E-state index is 0.0270. The summed E-state index contributed by atoms with van der Waals surface area (Å²) in [6.45, 7) is 6.52. The van der Waals surface area contributed by atoms with Gasteiger partial charge in [-0.2, -0.15) is 5.10 Å². The number of amidine groups is 1. The molecule has 1 heterocycles. The highest BCUT2D eigenvalue weighted by molar-refractivity contribution is 5.87. The molecule has 1 fully saturated rings. The number of benzene rings is 1. The van der Waals surface area contributed by atoms with Gasteiger partial charge >= 0.3 is 0 Å². The van der Waals surface area contributed by atoms with Gasteiger partial charge in [-0.25, -0.2) is 13.2 Å². The van der Waals surface area contributed by atoms with E-state index in [1.807, 2.05) is 0 Å². The molecular weight excluding hydrogens is 355 g/mol. The summed E-state index contributed by atoms with van der Waals surface area (Å²) in [5, 5.41) is 17.3. The molecule has 2 aliphatic rings. The first-order valence-corrected chi connectivity index (χ1v) is 8.69. The normalized spacial score (nSPS) is 22.2. The number of halogens is 3. The van der Waals surface area contributed by atoms with E-state index < -0.39 is 23.3 Å². The Kier molecular flexibility index (Phi) is 4.99. The molecule has 1 aliphatic carbocycles. The van der Waals surface area contributed by atoms with Crippen molar-refractivity contribution in [3.8, 4) is 0 Å². The van der Waals surface area contributed by atoms with E-state index in [1.54, 1.807) is 50.4 Å². The number of aliphatic hydroxyl groups is 1. The maximum atomic E-state index is 14.7. The van der Waals surface area contributed by atoms with Crippen molar-refractivity contribution < 1.29 is 18.3 Å². The smallest absolute Gasteiger partial charge is 0.252 e. The number of alkyl halides is 2. The Bertz CT molecular complexity index is 820. The monoisotopic (exact) mass is 377 g/mol. The van der Waals surface area contributed by atoms with Crippen LogP contribution in [0.15, 0.2) is 52.6 Å². The van der Waals surface area contributed by atoms with Crippen LogP contribution in [0.1, 0.15) is 37.8 Å². The topological polar surface area (TPSA) is 48.2 Å². The van der Waals surface area contributed by atoms with Crippen molar-refractivity contribution in [3.05, 3.63) is 53.5 Å². The quantitative estimate of drug-likeness (QED) is 0.467. The molecule has 0 radical (unpaired) electrons. The Hall–Kier alpha value is -2.41. The molecule has 0 bridgehead atoms. The van der Waals surface area contributed by atoms with Gasteiger partial charge in [0.1, 0.15) is 11.7 Å². The molecule has 1 N–H and O–H groups in total. The SMILES string of the molecule is C=N/N=C(/CC1CC1(F)F)N1C=CC(c2ccc(C(C)(C)O)cc2)=C(F)C1. The Labute approximate surface area is 156 Å². The maximum absolute atomic E-state index is 14.7. The molecule has 1 saturated carbocycles. The van der Waals surface area contributed by atoms with Crippen LogP contribution < -0.4 is 0 Å². The predicted molar refractivity (Wildman–Crippen MR) is 100 cm³/mol. The first-order valence-electron chi connectivity index (χ1n) is 8.69. The molecule has 0 saturated heterocycles. The van der Waals surface area contributed by atoms with Crippen molar-refractivity contribution in [3.63, 3.8) is 0 Å². The van der Waals surface area contributed by atoms with Crippen LogP contribution in [0.5, 0.6) is 0 Å². The standard InChI is InChI=1S/C20H22F3N3O/c1-19(2,27)14-6-4-13(5-7-14)16-8-9-26(12-17(16)21)18(25-24-3)10-15-11-20(15,22)23/h4-9,15,27H,3,10-12H2,1-2H3/b25-18-. The fourth-order valence-corrected chi connectivity index (χ4v) is 3.04. The van der Waals surface area contributed by atoms with Crippen molar-refractivity contribution in [1.82, 2.24) is 4.90 Å². The second-order valence-electron chi connectivity index (χ2n) is 7.42. The van der Waals surface area contributed by atoms with Gasteiger partial charge < -0.3 is 10.0 Å². The van der Waals surface area contributed by atoms with Gasteiger partial charge in [-0.15, -0.1) is 5.10 Å². The maximum Gasteiger partial charge on any atom is 0.252 e. The zero-order chi connectivity index (χ0) is 19.8. The molecule has 7 heteroatoms. The Morgan fingerprint density at radius 3 is 2.44 bits per heavy atom. The lowest BCUT2D eigenvalue weighted by molar-refractivity contribution is 0.0786. The average molecular weight is 377 g/mol. The zero-order valence-electron chi connectivity index (χ0n) is 15.3. The molecule has 1 unspecified atom stereocenters. The van der Waals surface area contributed by atoms with Gasteiger partial charge in [0.15, 0.2) is 0 Å². The van der Waals surface area contributed by atoms with Gasteiger partial charge in [0, 0.05) is 37.3 Å². The van der Waals surface area contributed by atoms with Crippen molar-refractivity contribution in [2.45, 2.75) is 38.2 Å². The fourth-order valence-electron chi connectivity index (χ4n) is 3.04. The molecule has 0 aromatic heterocycles. The molecule has 1 aromatic rings. The van der Waals surface area contributed by atoms with Crippen LogP contribution in [0.3, 0.4) is 0 Å². The molecule has 1 aromatic carbocycles. The van der Waals surface area contributed by atoms with E-state index in [9.17, 15) is 18.3 Å². The Morgan fingerprint density at radius 1 is 1.33 bits per heavy atom. The third-order valence-corrected chi connectivity index (χ3v) is 4.83. The predicted octanol–water partition coefficient (Wildman–Crippen LogP) is 4.48. The van der Waals surface area contributed by atoms with E-state index in [0.717, 1.165) is 5.56 Å². The average Bonchev–Trinajstić information content (AvgIpc) is 3.20. The van der Waals surface area contributed by atoms with Gasteiger partial charge in [0.2, 0.25) is 0 Å². The van der Waals surface area contributed by atoms with Crippen LogP contribution in [-0.2, 0) is 5.60 Å². The number of rotatable bonds is 5. The molecule has 27 heavy (non-hydrogen) atoms. The molecule has 144 valence electrons. The van der Waals surface area contributed by atoms with E-state index in [2.05, 4.69) is 16.9 Å². The molecule has 0 spiro atoms. The number of hydrogen-bond acceptors (Lipinski definition) is 3. The summed E-state index contributed by atoms with van der Waals surface area (Å²) in [4.78, 5) is 1.48. The van der Waals surface area contributed by atoms with Crippen LogP contribution in [0.4, 0.5) is 13.2 Å². The van der Waals surface area contributed by atoms with Gasteiger partial charge in [-0.3, -0.25) is 0 Å². The summed E-state index contributed by atoms with van der Waals surface area (Å²) in [6.07, 6.45) is 3.05. The fraction of sp³-hybridized carbons (Fsp3) is 0.400. The van der Waals surface area contributed by atoms with Gasteiger partial charge in [-0.1, -0.05) is 24.3 Å². The lowest BCUT2D eigenvalue weighted by atomic mass is 9.94. The van der Waals surface area contributed by atoms with Crippen LogP contribution in [0.25, 0.3) is 5.57 Å². The van der Waals surface area contributed by atoms with Crippen molar-refractivity contribution >= 4 is 18.1 Å². The lowest BCUT2D eigenvalue weighted by Crippen LogP contribution is -2.30. The summed E-state index contributed by atoms with van der Waals surface area (Å²) in [5.41, 5.74) is 0.839. The zero-order valence-corrected chi connectivity index (χ0v) is 15.3. The summed E-state index contributed by atoms with van der Waals surface area (Å²) in [5.74, 6) is -3.58. The first-order chi connectivity index (χ1) is 12.6. The minimum Gasteiger partial charge on any atom is -0.386 e. The first kappa shape index (κ1) is 19.4. The highest BCUT2D eigenvalue weighted by Crippen LogP contribution is 2.51. The van der Waals surface area contributed by atoms with E-state index in [0.29, 0.717) is 11.1 Å². The minimum atomic E-state index is -2.68. The summed E-state index contributed by atoms with van der Waals surface area (Å²) < 4.78 is 41.1. The van der Waals surface area contributed by atoms with E-state index in [4.69, 9.17) is 0 Å². The van der Waals surface area contributed by atoms with Gasteiger partial charge in [-0.05, 0) is 31.1 Å². The molecule has 1 aliphatic heterocycles. The van der Waals surface area contributed by atoms with Crippen LogP contribution >= 0.6 is 0 Å². The van der Waals surface area contributed by atoms with Crippen molar-refractivity contribution in [2.75, 3.05) is 6.54 Å². The Balaban J connectivity index is 1.76. The third-order valence-electron chi connectivity index (χ3n) is 4.83. The highest BCUT2D eigenvalue weighted by Gasteiger charge is 2.57. The van der Waals surface area contributed by atoms with Crippen LogP contribution in [0.2, 0.25) is 0 Å². The molecule has 1 atom stereocenters. The summed E-state index contributed by atoms with van der Waals surface area (Å²) >= 11 is 0. The largest absolute Gasteiger partial charge is 0.386 e. The van der Waals surface area contributed by atoms with E-state index >= 15 is 0 Å². The second-order valence-corrected chi connectivity index (χ2v) is 7.42. The molecular formula is C20H22F3N3O. The molecule has 4 nitrogen and oxygen atoms in total. The van der Waals surface area contributed by atoms with Crippen molar-refractivity contribution in [1.29, 1.82) is 0 Å². The summed E-state index contributed by atoms with van der Waals surface area (Å²) in [7, 11) is 0. The number of hydrogen-bond donors (Lipinski definition) is 1. The highest BCUT2D eigenvalue weighted by atomic mass is 19.3. The van der Waals surface area contributed by atoms with Crippen LogP contribution in [-0.4, -0.2) is 35.0 Å². The van der Waals surface area contributed by atoms with E-state index in [1.165, 1.54) is 4.90 Å². The van der Waals surface area contributed by atoms with Crippen molar-refractivity contribution in [2.24, 2.45) is 16.1 Å². The molecule has 0 amide bonds. The van der Waals surface area contributed by atoms with Crippen LogP contribution in [0, 0.1) is 5.92 Å². The molecule has 3 rings (SSSR count). The van der Waals surface area contributed by atoms with Gasteiger partial charge in [0.25, 0.3) is 5.92 Å². The second kappa shape index (κ2) is 6.96. The van der Waals surface area contributed by atoms with E-state index in [-0.39, 0.29) is 25.2 Å². The number of nitrogens with zero attached hydrogens (tertiary/aromatic N) is 3. The Morgan fingerprint density at radius 2 is 1.96 bits per heavy atom. The van der Waals surface area contributed by atoms with Gasteiger partial charge in [0.05, 0.1) is 12.1 Å². The number of allylic oxidation sites excluding steroid dienone is 2. The lowest BCUT2D eigenvalue weighted by Gasteiger charge is -2.25. The third kappa shape index (κ3) is 4.30.